The van der Waals surface area contributed by atoms with Crippen molar-refractivity contribution >= 4 is 33.1 Å². The van der Waals surface area contributed by atoms with Crippen LogP contribution in [-0.4, -0.2) is 12.0 Å². The fourth-order valence-electron chi connectivity index (χ4n) is 1.91. The first-order valence-corrected chi connectivity index (χ1v) is 7.37. The molecule has 2 N–H and O–H groups in total. The highest BCUT2D eigenvalue weighted by Gasteiger charge is 2.08. The topological polar surface area (TPSA) is 42.1 Å². The molecular formula is C13H16BrN3S. The third-order valence-corrected chi connectivity index (χ3v) is 4.30. The average Bonchev–Trinajstić information content (AvgIpc) is 2.74. The Morgan fingerprint density at radius 2 is 2.17 bits per heavy atom. The third-order valence-electron chi connectivity index (χ3n) is 2.75. The maximum Gasteiger partial charge on any atom is 0.131 e. The molecular weight excluding hydrogens is 310 g/mol. The van der Waals surface area contributed by atoms with Crippen molar-refractivity contribution in [3.05, 3.63) is 44.2 Å². The van der Waals surface area contributed by atoms with E-state index in [4.69, 9.17) is 5.73 Å². The summed E-state index contributed by atoms with van der Waals surface area (Å²) in [6, 6.07) is 4.24. The van der Waals surface area contributed by atoms with Crippen molar-refractivity contribution in [2.24, 2.45) is 5.73 Å². The lowest BCUT2D eigenvalue weighted by atomic mass is 10.2. The lowest BCUT2D eigenvalue weighted by molar-refractivity contribution is 0.888. The van der Waals surface area contributed by atoms with Crippen LogP contribution >= 0.6 is 27.3 Å². The molecule has 0 atom stereocenters. The van der Waals surface area contributed by atoms with Crippen molar-refractivity contribution in [3.8, 4) is 0 Å². The predicted octanol–water partition coefficient (Wildman–Crippen LogP) is 3.31. The van der Waals surface area contributed by atoms with Crippen LogP contribution in [0, 0.1) is 6.92 Å². The molecule has 0 unspecified atom stereocenters. The molecule has 2 aromatic rings. The van der Waals surface area contributed by atoms with Gasteiger partial charge in [-0.15, -0.1) is 11.3 Å². The molecule has 2 aromatic heterocycles. The van der Waals surface area contributed by atoms with Crippen molar-refractivity contribution in [2.75, 3.05) is 11.9 Å². The monoisotopic (exact) mass is 325 g/mol. The van der Waals surface area contributed by atoms with Gasteiger partial charge >= 0.3 is 0 Å². The van der Waals surface area contributed by atoms with Gasteiger partial charge < -0.3 is 10.6 Å². The zero-order valence-corrected chi connectivity index (χ0v) is 12.9. The minimum atomic E-state index is 0.537. The van der Waals surface area contributed by atoms with E-state index in [1.807, 2.05) is 6.20 Å². The molecule has 2 rings (SSSR count). The first-order valence-electron chi connectivity index (χ1n) is 5.70. The van der Waals surface area contributed by atoms with Crippen LogP contribution in [0.4, 0.5) is 5.82 Å². The van der Waals surface area contributed by atoms with E-state index in [1.165, 1.54) is 5.56 Å². The third kappa shape index (κ3) is 3.10. The molecule has 0 radical (unpaired) electrons. The smallest absolute Gasteiger partial charge is 0.131 e. The lowest BCUT2D eigenvalue weighted by Gasteiger charge is -2.20. The van der Waals surface area contributed by atoms with E-state index in [0.29, 0.717) is 6.54 Å². The van der Waals surface area contributed by atoms with Gasteiger partial charge in [-0.05, 0) is 57.1 Å². The summed E-state index contributed by atoms with van der Waals surface area (Å²) < 4.78 is 1.16. The van der Waals surface area contributed by atoms with E-state index in [9.17, 15) is 0 Å². The van der Waals surface area contributed by atoms with Gasteiger partial charge in [0.1, 0.15) is 5.82 Å². The summed E-state index contributed by atoms with van der Waals surface area (Å²) in [5.74, 6) is 1.01. The fourth-order valence-corrected chi connectivity index (χ4v) is 3.11. The van der Waals surface area contributed by atoms with Crippen LogP contribution in [0.2, 0.25) is 0 Å². The number of aryl methyl sites for hydroxylation is 1. The molecule has 5 heteroatoms. The van der Waals surface area contributed by atoms with Crippen LogP contribution in [0.5, 0.6) is 0 Å². The quantitative estimate of drug-likeness (QED) is 0.937. The van der Waals surface area contributed by atoms with Crippen LogP contribution < -0.4 is 10.6 Å². The summed E-state index contributed by atoms with van der Waals surface area (Å²) in [4.78, 5) is 6.65. The second-order valence-corrected chi connectivity index (χ2v) is 6.59. The van der Waals surface area contributed by atoms with Gasteiger partial charge in [-0.25, -0.2) is 4.98 Å². The molecule has 0 aliphatic heterocycles. The highest BCUT2D eigenvalue weighted by molar-refractivity contribution is 9.11. The van der Waals surface area contributed by atoms with E-state index in [-0.39, 0.29) is 0 Å². The van der Waals surface area contributed by atoms with E-state index >= 15 is 0 Å². The van der Waals surface area contributed by atoms with E-state index < -0.39 is 0 Å². The van der Waals surface area contributed by atoms with Gasteiger partial charge in [-0.3, -0.25) is 0 Å². The SMILES string of the molecule is Cc1cc(CN)cnc1N(C)Cc1csc(Br)c1. The van der Waals surface area contributed by atoms with Crippen molar-refractivity contribution in [1.29, 1.82) is 0 Å². The van der Waals surface area contributed by atoms with Gasteiger partial charge in [0.05, 0.1) is 3.79 Å². The average molecular weight is 326 g/mol. The molecule has 18 heavy (non-hydrogen) atoms. The van der Waals surface area contributed by atoms with Crippen LogP contribution in [0.1, 0.15) is 16.7 Å². The molecule has 0 aliphatic rings. The molecule has 0 aliphatic carbocycles. The summed E-state index contributed by atoms with van der Waals surface area (Å²) in [7, 11) is 2.06. The summed E-state index contributed by atoms with van der Waals surface area (Å²) >= 11 is 5.19. The van der Waals surface area contributed by atoms with Gasteiger partial charge in [0.25, 0.3) is 0 Å². The summed E-state index contributed by atoms with van der Waals surface area (Å²) in [5, 5.41) is 2.16. The van der Waals surface area contributed by atoms with Crippen LogP contribution in [0.25, 0.3) is 0 Å². The number of thiophene rings is 1. The molecule has 96 valence electrons. The number of halogens is 1. The Bertz CT molecular complexity index is 539. The van der Waals surface area contributed by atoms with Crippen molar-refractivity contribution in [2.45, 2.75) is 20.0 Å². The number of anilines is 1. The lowest BCUT2D eigenvalue weighted by Crippen LogP contribution is -2.18. The van der Waals surface area contributed by atoms with Gasteiger partial charge in [0.15, 0.2) is 0 Å². The summed E-state index contributed by atoms with van der Waals surface area (Å²) in [6.07, 6.45) is 1.85. The van der Waals surface area contributed by atoms with E-state index in [2.05, 4.69) is 57.3 Å². The van der Waals surface area contributed by atoms with Crippen molar-refractivity contribution in [1.82, 2.24) is 4.98 Å². The minimum Gasteiger partial charge on any atom is -0.355 e. The Hall–Kier alpha value is -0.910. The van der Waals surface area contributed by atoms with Crippen LogP contribution in [0.15, 0.2) is 27.5 Å². The Balaban J connectivity index is 2.15. The summed E-state index contributed by atoms with van der Waals surface area (Å²) in [5.41, 5.74) is 9.14. The molecule has 0 saturated carbocycles. The molecule has 0 fully saturated rings. The largest absolute Gasteiger partial charge is 0.355 e. The fraction of sp³-hybridized carbons (Fsp3) is 0.308. The molecule has 0 spiro atoms. The number of pyridine rings is 1. The van der Waals surface area contributed by atoms with Gasteiger partial charge in [0.2, 0.25) is 0 Å². The van der Waals surface area contributed by atoms with E-state index in [1.54, 1.807) is 11.3 Å². The first-order chi connectivity index (χ1) is 8.60. The van der Waals surface area contributed by atoms with Gasteiger partial charge in [-0.2, -0.15) is 0 Å². The molecule has 0 bridgehead atoms. The highest BCUT2D eigenvalue weighted by atomic mass is 79.9. The number of hydrogen-bond acceptors (Lipinski definition) is 4. The van der Waals surface area contributed by atoms with Crippen LogP contribution in [-0.2, 0) is 13.1 Å². The number of hydrogen-bond donors (Lipinski definition) is 1. The summed E-state index contributed by atoms with van der Waals surface area (Å²) in [6.45, 7) is 3.47. The molecule has 0 aromatic carbocycles. The number of aromatic nitrogens is 1. The first kappa shape index (κ1) is 13.5. The van der Waals surface area contributed by atoms with Crippen molar-refractivity contribution in [3.63, 3.8) is 0 Å². The Morgan fingerprint density at radius 1 is 1.39 bits per heavy atom. The Labute approximate surface area is 120 Å². The molecule has 0 saturated heterocycles. The van der Waals surface area contributed by atoms with E-state index in [0.717, 1.165) is 27.3 Å². The Morgan fingerprint density at radius 3 is 2.72 bits per heavy atom. The number of nitrogens with zero attached hydrogens (tertiary/aromatic N) is 2. The normalized spacial score (nSPS) is 10.7. The van der Waals surface area contributed by atoms with Gasteiger partial charge in [-0.1, -0.05) is 0 Å². The molecule has 3 nitrogen and oxygen atoms in total. The van der Waals surface area contributed by atoms with Crippen molar-refractivity contribution < 1.29 is 0 Å². The maximum absolute atomic E-state index is 5.61. The Kier molecular flexibility index (Phi) is 4.37. The highest BCUT2D eigenvalue weighted by Crippen LogP contribution is 2.24. The van der Waals surface area contributed by atoms with Crippen LogP contribution in [0.3, 0.4) is 0 Å². The number of rotatable bonds is 4. The standard InChI is InChI=1S/C13H16BrN3S/c1-9-3-10(5-15)6-16-13(9)17(2)7-11-4-12(14)18-8-11/h3-4,6,8H,5,7,15H2,1-2H3. The zero-order valence-electron chi connectivity index (χ0n) is 10.5. The van der Waals surface area contributed by atoms with Gasteiger partial charge in [0, 0.05) is 26.3 Å². The minimum absolute atomic E-state index is 0.537. The maximum atomic E-state index is 5.61. The number of nitrogens with two attached hydrogens (primary N) is 1. The second kappa shape index (κ2) is 5.82. The molecule has 2 heterocycles. The predicted molar refractivity (Wildman–Crippen MR) is 81.0 cm³/mol. The second-order valence-electron chi connectivity index (χ2n) is 4.30. The molecule has 0 amide bonds. The zero-order chi connectivity index (χ0) is 13.1.